The van der Waals surface area contributed by atoms with E-state index in [4.69, 9.17) is 9.47 Å². The van der Waals surface area contributed by atoms with Crippen LogP contribution in [-0.4, -0.2) is 60.9 Å². The molecule has 3 aromatic rings. The van der Waals surface area contributed by atoms with E-state index in [2.05, 4.69) is 10.2 Å². The van der Waals surface area contributed by atoms with Crippen LogP contribution in [0.25, 0.3) is 11.4 Å². The molecule has 4 rings (SSSR count). The molecule has 8 nitrogen and oxygen atoms in total. The lowest BCUT2D eigenvalue weighted by Gasteiger charge is -2.26. The van der Waals surface area contributed by atoms with Gasteiger partial charge in [0.1, 0.15) is 5.75 Å². The van der Waals surface area contributed by atoms with Crippen LogP contribution in [0, 0.1) is 0 Å². The Bertz CT molecular complexity index is 1160. The number of rotatable bonds is 7. The average Bonchev–Trinajstić information content (AvgIpc) is 3.18. The first-order chi connectivity index (χ1) is 15.0. The van der Waals surface area contributed by atoms with Crippen LogP contribution in [0.1, 0.15) is 5.56 Å². The van der Waals surface area contributed by atoms with E-state index in [0.717, 1.165) is 22.0 Å². The minimum Gasteiger partial charge on any atom is -0.496 e. The number of methoxy groups -OCH3 is 1. The summed E-state index contributed by atoms with van der Waals surface area (Å²) in [6.07, 6.45) is 0. The summed E-state index contributed by atoms with van der Waals surface area (Å²) in [7, 11) is 0.0157. The molecule has 0 saturated carbocycles. The second-order valence-corrected chi connectivity index (χ2v) is 9.90. The monoisotopic (exact) mass is 460 g/mol. The molecular weight excluding hydrogens is 436 g/mol. The molecule has 1 aliphatic heterocycles. The molecule has 1 aromatic heterocycles. The summed E-state index contributed by atoms with van der Waals surface area (Å²) in [5.74, 6) is 2.02. The Morgan fingerprint density at radius 1 is 1.10 bits per heavy atom. The van der Waals surface area contributed by atoms with Crippen LogP contribution in [0.4, 0.5) is 0 Å². The summed E-state index contributed by atoms with van der Waals surface area (Å²) in [6, 6.07) is 14.7. The normalized spacial score (nSPS) is 15.2. The van der Waals surface area contributed by atoms with Gasteiger partial charge in [-0.1, -0.05) is 36.0 Å². The van der Waals surface area contributed by atoms with Crippen molar-refractivity contribution < 1.29 is 17.9 Å². The maximum atomic E-state index is 12.9. The third-order valence-electron chi connectivity index (χ3n) is 5.06. The second-order valence-electron chi connectivity index (χ2n) is 7.02. The molecule has 0 radical (unpaired) electrons. The number of hydrogen-bond acceptors (Lipinski definition) is 7. The summed E-state index contributed by atoms with van der Waals surface area (Å²) in [6.45, 7) is 1.61. The highest BCUT2D eigenvalue weighted by Gasteiger charge is 2.26. The fourth-order valence-electron chi connectivity index (χ4n) is 3.38. The summed E-state index contributed by atoms with van der Waals surface area (Å²) in [4.78, 5) is 0.306. The standard InChI is InChI=1S/C21H24N4O4S2/c1-24-20(18-8-3-4-9-19(18)28-2)22-23-21(24)30-15-16-6-5-7-17(14-16)31(26,27)25-10-12-29-13-11-25/h3-9,14H,10-13,15H2,1-2H3. The Morgan fingerprint density at radius 3 is 2.65 bits per heavy atom. The summed E-state index contributed by atoms with van der Waals surface area (Å²) in [5.41, 5.74) is 1.77. The Kier molecular flexibility index (Phi) is 6.61. The number of morpholine rings is 1. The van der Waals surface area contributed by atoms with E-state index >= 15 is 0 Å². The molecule has 0 atom stereocenters. The lowest BCUT2D eigenvalue weighted by atomic mass is 10.2. The minimum atomic E-state index is -3.52. The maximum Gasteiger partial charge on any atom is 0.243 e. The van der Waals surface area contributed by atoms with Gasteiger partial charge in [-0.25, -0.2) is 8.42 Å². The number of sulfonamides is 1. The van der Waals surface area contributed by atoms with Gasteiger partial charge in [0.25, 0.3) is 0 Å². The molecule has 0 spiro atoms. The van der Waals surface area contributed by atoms with E-state index in [9.17, 15) is 8.42 Å². The SMILES string of the molecule is COc1ccccc1-c1nnc(SCc2cccc(S(=O)(=O)N3CCOCC3)c2)n1C. The number of thioether (sulfide) groups is 1. The predicted molar refractivity (Wildman–Crippen MR) is 119 cm³/mol. The van der Waals surface area contributed by atoms with Crippen LogP contribution in [-0.2, 0) is 27.6 Å². The van der Waals surface area contributed by atoms with Gasteiger partial charge >= 0.3 is 0 Å². The first-order valence-corrected chi connectivity index (χ1v) is 12.3. The molecule has 1 fully saturated rings. The molecule has 0 amide bonds. The number of para-hydroxylation sites is 1. The molecule has 0 aliphatic carbocycles. The molecule has 0 unspecified atom stereocenters. The van der Waals surface area contributed by atoms with Gasteiger partial charge in [0.05, 0.1) is 30.8 Å². The first-order valence-electron chi connectivity index (χ1n) is 9.83. The summed E-state index contributed by atoms with van der Waals surface area (Å²) in [5, 5.41) is 9.37. The topological polar surface area (TPSA) is 86.6 Å². The zero-order chi connectivity index (χ0) is 21.8. The molecular formula is C21H24N4O4S2. The van der Waals surface area contributed by atoms with E-state index < -0.39 is 10.0 Å². The van der Waals surface area contributed by atoms with Crippen LogP contribution in [0.5, 0.6) is 5.75 Å². The fraction of sp³-hybridized carbons (Fsp3) is 0.333. The maximum absolute atomic E-state index is 12.9. The Morgan fingerprint density at radius 2 is 1.87 bits per heavy atom. The van der Waals surface area contributed by atoms with Crippen molar-refractivity contribution in [3.63, 3.8) is 0 Å². The number of hydrogen-bond donors (Lipinski definition) is 0. The van der Waals surface area contributed by atoms with E-state index in [1.807, 2.05) is 41.9 Å². The average molecular weight is 461 g/mol. The van der Waals surface area contributed by atoms with Gasteiger partial charge in [-0.05, 0) is 29.8 Å². The molecule has 0 bridgehead atoms. The van der Waals surface area contributed by atoms with Crippen LogP contribution in [0.3, 0.4) is 0 Å². The molecule has 2 aromatic carbocycles. The molecule has 1 saturated heterocycles. The fourth-order valence-corrected chi connectivity index (χ4v) is 5.72. The van der Waals surface area contributed by atoms with Crippen LogP contribution in [0.2, 0.25) is 0 Å². The smallest absolute Gasteiger partial charge is 0.243 e. The predicted octanol–water partition coefficient (Wildman–Crippen LogP) is 2.80. The van der Waals surface area contributed by atoms with Crippen LogP contribution >= 0.6 is 11.8 Å². The van der Waals surface area contributed by atoms with Crippen molar-refractivity contribution in [2.75, 3.05) is 33.4 Å². The van der Waals surface area contributed by atoms with Gasteiger partial charge < -0.3 is 14.0 Å². The van der Waals surface area contributed by atoms with E-state index in [1.54, 1.807) is 25.3 Å². The Balaban J connectivity index is 1.51. The Hall–Kier alpha value is -2.40. The molecule has 164 valence electrons. The lowest BCUT2D eigenvalue weighted by Crippen LogP contribution is -2.40. The summed E-state index contributed by atoms with van der Waals surface area (Å²) < 4.78 is 39.9. The number of ether oxygens (including phenoxy) is 2. The highest BCUT2D eigenvalue weighted by molar-refractivity contribution is 7.98. The van der Waals surface area contributed by atoms with Crippen molar-refractivity contribution in [1.29, 1.82) is 0 Å². The van der Waals surface area contributed by atoms with Crippen molar-refractivity contribution in [2.45, 2.75) is 15.8 Å². The number of nitrogens with zero attached hydrogens (tertiary/aromatic N) is 4. The zero-order valence-corrected chi connectivity index (χ0v) is 19.0. The van der Waals surface area contributed by atoms with Gasteiger partial charge in [-0.15, -0.1) is 10.2 Å². The van der Waals surface area contributed by atoms with Crippen LogP contribution in [0.15, 0.2) is 58.6 Å². The first kappa shape index (κ1) is 21.8. The van der Waals surface area contributed by atoms with Crippen molar-refractivity contribution in [3.05, 3.63) is 54.1 Å². The third kappa shape index (κ3) is 4.62. The van der Waals surface area contributed by atoms with E-state index in [0.29, 0.717) is 42.8 Å². The number of benzene rings is 2. The van der Waals surface area contributed by atoms with Gasteiger partial charge in [0.15, 0.2) is 11.0 Å². The van der Waals surface area contributed by atoms with E-state index in [-0.39, 0.29) is 0 Å². The lowest BCUT2D eigenvalue weighted by molar-refractivity contribution is 0.0730. The zero-order valence-electron chi connectivity index (χ0n) is 17.4. The van der Waals surface area contributed by atoms with Gasteiger partial charge in [0, 0.05) is 25.9 Å². The second kappa shape index (κ2) is 9.39. The van der Waals surface area contributed by atoms with Gasteiger partial charge in [0.2, 0.25) is 10.0 Å². The molecule has 0 N–H and O–H groups in total. The van der Waals surface area contributed by atoms with Crippen molar-refractivity contribution >= 4 is 21.8 Å². The summed E-state index contributed by atoms with van der Waals surface area (Å²) >= 11 is 1.50. The van der Waals surface area contributed by atoms with Gasteiger partial charge in [-0.3, -0.25) is 0 Å². The highest BCUT2D eigenvalue weighted by Crippen LogP contribution is 2.31. The van der Waals surface area contributed by atoms with Crippen LogP contribution < -0.4 is 4.74 Å². The third-order valence-corrected chi connectivity index (χ3v) is 8.04. The largest absolute Gasteiger partial charge is 0.496 e. The van der Waals surface area contributed by atoms with Crippen molar-refractivity contribution in [2.24, 2.45) is 7.05 Å². The number of aromatic nitrogens is 3. The molecule has 2 heterocycles. The highest BCUT2D eigenvalue weighted by atomic mass is 32.2. The van der Waals surface area contributed by atoms with Crippen molar-refractivity contribution in [3.8, 4) is 17.1 Å². The Labute approximate surface area is 186 Å². The van der Waals surface area contributed by atoms with Gasteiger partial charge in [-0.2, -0.15) is 4.31 Å². The molecule has 10 heteroatoms. The minimum absolute atomic E-state index is 0.306. The van der Waals surface area contributed by atoms with Crippen molar-refractivity contribution in [1.82, 2.24) is 19.1 Å². The van der Waals surface area contributed by atoms with E-state index in [1.165, 1.54) is 16.1 Å². The molecule has 1 aliphatic rings. The quantitative estimate of drug-likeness (QED) is 0.501. The molecule has 31 heavy (non-hydrogen) atoms.